The first-order valence-electron chi connectivity index (χ1n) is 6.36. The van der Waals surface area contributed by atoms with Crippen LogP contribution in [0, 0.1) is 0 Å². The van der Waals surface area contributed by atoms with Gasteiger partial charge in [0.25, 0.3) is 0 Å². The number of hydrogen-bond donors (Lipinski definition) is 0. The number of hydrogen-bond acceptors (Lipinski definition) is 4. The lowest BCUT2D eigenvalue weighted by molar-refractivity contribution is 0.123. The second kappa shape index (κ2) is 5.55. The van der Waals surface area contributed by atoms with E-state index in [1.165, 1.54) is 0 Å². The summed E-state index contributed by atoms with van der Waals surface area (Å²) in [7, 11) is 0. The third-order valence-electron chi connectivity index (χ3n) is 3.13. The number of morpholine rings is 1. The van der Waals surface area contributed by atoms with Crippen molar-refractivity contribution >= 4 is 16.3 Å². The molecule has 3 nitrogen and oxygen atoms in total. The van der Waals surface area contributed by atoms with E-state index in [-0.39, 0.29) is 5.43 Å². The molecule has 1 aliphatic heterocycles. The van der Waals surface area contributed by atoms with Crippen molar-refractivity contribution in [2.45, 2.75) is 0 Å². The Morgan fingerprint density at radius 1 is 1.05 bits per heavy atom. The lowest BCUT2D eigenvalue weighted by Crippen LogP contribution is -2.36. The summed E-state index contributed by atoms with van der Waals surface area (Å²) in [5.74, 6) is 0. The van der Waals surface area contributed by atoms with E-state index in [1.807, 2.05) is 30.3 Å². The van der Waals surface area contributed by atoms with Gasteiger partial charge >= 0.3 is 0 Å². The molecule has 0 bridgehead atoms. The van der Waals surface area contributed by atoms with Gasteiger partial charge in [-0.15, -0.1) is 11.3 Å². The number of anilines is 1. The minimum atomic E-state index is 0.0686. The first-order chi connectivity index (χ1) is 9.33. The molecule has 0 spiro atoms. The predicted molar refractivity (Wildman–Crippen MR) is 79.1 cm³/mol. The van der Waals surface area contributed by atoms with Crippen molar-refractivity contribution < 1.29 is 4.74 Å². The van der Waals surface area contributed by atoms with Gasteiger partial charge in [-0.1, -0.05) is 30.3 Å². The van der Waals surface area contributed by atoms with Gasteiger partial charge in [-0.2, -0.15) is 0 Å². The maximum Gasteiger partial charge on any atom is 0.182 e. The van der Waals surface area contributed by atoms with Gasteiger partial charge in [0.1, 0.15) is 0 Å². The summed E-state index contributed by atoms with van der Waals surface area (Å²) in [6, 6.07) is 13.5. The molecule has 4 heteroatoms. The minimum absolute atomic E-state index is 0.0686. The zero-order chi connectivity index (χ0) is 13.1. The molecule has 2 heterocycles. The largest absolute Gasteiger partial charge is 0.378 e. The Labute approximate surface area is 116 Å². The van der Waals surface area contributed by atoms with Crippen molar-refractivity contribution in [2.24, 2.45) is 0 Å². The molecule has 3 rings (SSSR count). The van der Waals surface area contributed by atoms with Gasteiger partial charge in [-0.25, -0.2) is 0 Å². The SMILES string of the molecule is O=c1cc(-c2ccccc2)sc(N2CCOCC2)c1. The zero-order valence-corrected chi connectivity index (χ0v) is 11.4. The van der Waals surface area contributed by atoms with E-state index in [4.69, 9.17) is 4.74 Å². The molecule has 19 heavy (non-hydrogen) atoms. The average Bonchev–Trinajstić information content (AvgIpc) is 2.48. The van der Waals surface area contributed by atoms with E-state index in [0.29, 0.717) is 0 Å². The van der Waals surface area contributed by atoms with Crippen LogP contribution in [0.1, 0.15) is 0 Å². The first kappa shape index (κ1) is 12.4. The molecule has 98 valence electrons. The van der Waals surface area contributed by atoms with Crippen LogP contribution in [0.4, 0.5) is 5.00 Å². The van der Waals surface area contributed by atoms with Crippen LogP contribution >= 0.6 is 11.3 Å². The van der Waals surface area contributed by atoms with Crippen molar-refractivity contribution in [3.8, 4) is 10.4 Å². The average molecular weight is 273 g/mol. The quantitative estimate of drug-likeness (QED) is 0.842. The van der Waals surface area contributed by atoms with Crippen molar-refractivity contribution in [1.82, 2.24) is 0 Å². The molecule has 2 aromatic rings. The highest BCUT2D eigenvalue weighted by molar-refractivity contribution is 7.19. The van der Waals surface area contributed by atoms with Gasteiger partial charge in [0.15, 0.2) is 5.43 Å². The molecule has 1 aromatic carbocycles. The Morgan fingerprint density at radius 3 is 2.53 bits per heavy atom. The van der Waals surface area contributed by atoms with E-state index >= 15 is 0 Å². The monoisotopic (exact) mass is 273 g/mol. The summed E-state index contributed by atoms with van der Waals surface area (Å²) in [5, 5.41) is 1.04. The molecule has 0 aliphatic carbocycles. The highest BCUT2D eigenvalue weighted by atomic mass is 32.1. The van der Waals surface area contributed by atoms with Crippen molar-refractivity contribution in [3.05, 3.63) is 52.7 Å². The molecule has 1 saturated heterocycles. The van der Waals surface area contributed by atoms with Gasteiger partial charge in [-0.3, -0.25) is 4.79 Å². The molecular formula is C15H15NO2S. The fraction of sp³-hybridized carbons (Fsp3) is 0.267. The number of ether oxygens (including phenoxy) is 1. The Hall–Kier alpha value is -1.65. The van der Waals surface area contributed by atoms with Crippen molar-refractivity contribution in [1.29, 1.82) is 0 Å². The second-order valence-electron chi connectivity index (χ2n) is 4.46. The van der Waals surface area contributed by atoms with E-state index in [0.717, 1.165) is 41.7 Å². The topological polar surface area (TPSA) is 29.5 Å². The highest BCUT2D eigenvalue weighted by Crippen LogP contribution is 2.29. The van der Waals surface area contributed by atoms with E-state index in [1.54, 1.807) is 23.5 Å². The fourth-order valence-electron chi connectivity index (χ4n) is 2.15. The molecule has 1 aromatic heterocycles. The predicted octanol–water partition coefficient (Wildman–Crippen LogP) is 2.61. The number of rotatable bonds is 2. The van der Waals surface area contributed by atoms with E-state index < -0.39 is 0 Å². The van der Waals surface area contributed by atoms with Crippen molar-refractivity contribution in [2.75, 3.05) is 31.2 Å². The fourth-order valence-corrected chi connectivity index (χ4v) is 3.29. The Morgan fingerprint density at radius 2 is 1.79 bits per heavy atom. The van der Waals surface area contributed by atoms with Crippen LogP contribution < -0.4 is 10.3 Å². The minimum Gasteiger partial charge on any atom is -0.378 e. The maximum atomic E-state index is 11.9. The normalized spacial score (nSPS) is 15.5. The van der Waals surface area contributed by atoms with Crippen molar-refractivity contribution in [3.63, 3.8) is 0 Å². The molecule has 0 saturated carbocycles. The van der Waals surface area contributed by atoms with Crippen LogP contribution in [0.2, 0.25) is 0 Å². The van der Waals surface area contributed by atoms with Gasteiger partial charge in [0.2, 0.25) is 0 Å². The van der Waals surface area contributed by atoms with Crippen LogP contribution in [0.25, 0.3) is 10.4 Å². The number of nitrogens with zero attached hydrogens (tertiary/aromatic N) is 1. The summed E-state index contributed by atoms with van der Waals surface area (Å²) >= 11 is 1.67. The van der Waals surface area contributed by atoms with Gasteiger partial charge in [0, 0.05) is 30.1 Å². The lowest BCUT2D eigenvalue weighted by atomic mass is 10.2. The van der Waals surface area contributed by atoms with Crippen LogP contribution in [0.5, 0.6) is 0 Å². The van der Waals surface area contributed by atoms with E-state index in [2.05, 4.69) is 4.90 Å². The van der Waals surface area contributed by atoms with Gasteiger partial charge in [0.05, 0.1) is 18.2 Å². The summed E-state index contributed by atoms with van der Waals surface area (Å²) < 4.78 is 5.35. The van der Waals surface area contributed by atoms with Crippen LogP contribution in [0.3, 0.4) is 0 Å². The van der Waals surface area contributed by atoms with Crippen LogP contribution in [-0.4, -0.2) is 26.3 Å². The number of benzene rings is 1. The van der Waals surface area contributed by atoms with E-state index in [9.17, 15) is 4.79 Å². The molecule has 1 fully saturated rings. The Balaban J connectivity index is 1.98. The molecule has 0 radical (unpaired) electrons. The molecule has 0 atom stereocenters. The highest BCUT2D eigenvalue weighted by Gasteiger charge is 2.13. The molecule has 0 unspecified atom stereocenters. The summed E-state index contributed by atoms with van der Waals surface area (Å²) in [5.41, 5.74) is 1.17. The molecule has 0 N–H and O–H groups in total. The Kier molecular flexibility index (Phi) is 3.62. The smallest absolute Gasteiger partial charge is 0.182 e. The third-order valence-corrected chi connectivity index (χ3v) is 4.29. The maximum absolute atomic E-state index is 11.9. The zero-order valence-electron chi connectivity index (χ0n) is 10.5. The standard InChI is InChI=1S/C15H15NO2S/c17-13-10-14(12-4-2-1-3-5-12)19-15(11-13)16-6-8-18-9-7-16/h1-5,10-11H,6-9H2. The molecule has 1 aliphatic rings. The molecule has 0 amide bonds. The lowest BCUT2D eigenvalue weighted by Gasteiger charge is -2.28. The first-order valence-corrected chi connectivity index (χ1v) is 7.18. The van der Waals surface area contributed by atoms with Crippen LogP contribution in [0.15, 0.2) is 47.3 Å². The second-order valence-corrected chi connectivity index (χ2v) is 5.52. The summed E-state index contributed by atoms with van der Waals surface area (Å²) in [6.45, 7) is 3.18. The van der Waals surface area contributed by atoms with Crippen LogP contribution in [-0.2, 0) is 4.74 Å². The van der Waals surface area contributed by atoms with Gasteiger partial charge in [-0.05, 0) is 5.56 Å². The summed E-state index contributed by atoms with van der Waals surface area (Å²) in [4.78, 5) is 15.1. The third kappa shape index (κ3) is 2.85. The van der Waals surface area contributed by atoms with Gasteiger partial charge < -0.3 is 9.64 Å². The summed E-state index contributed by atoms with van der Waals surface area (Å²) in [6.07, 6.45) is 0. The Bertz CT molecular complexity index is 603. The molecular weight excluding hydrogens is 258 g/mol.